The van der Waals surface area contributed by atoms with Crippen LogP contribution in [-0.2, 0) is 37.0 Å². The van der Waals surface area contributed by atoms with Gasteiger partial charge in [0.1, 0.15) is 5.00 Å². The van der Waals surface area contributed by atoms with Crippen molar-refractivity contribution in [2.24, 2.45) is 5.92 Å². The molecule has 2 aliphatic rings. The van der Waals surface area contributed by atoms with Crippen LogP contribution >= 0.6 is 11.3 Å². The molecule has 0 bridgehead atoms. The average molecular weight is 722 g/mol. The topological polar surface area (TPSA) is 136 Å². The number of carbonyl (C=O) groups is 4. The maximum atomic E-state index is 13.9. The number of anilines is 2. The fourth-order valence-electron chi connectivity index (χ4n) is 7.53. The smallest absolute Gasteiger partial charge is 0.335 e. The number of thiophene rings is 1. The van der Waals surface area contributed by atoms with Crippen LogP contribution in [0, 0.1) is 5.92 Å². The van der Waals surface area contributed by atoms with Crippen molar-refractivity contribution in [2.75, 3.05) is 10.6 Å². The van der Waals surface area contributed by atoms with E-state index >= 15 is 0 Å². The van der Waals surface area contributed by atoms with Crippen LogP contribution in [0.3, 0.4) is 0 Å². The molecule has 4 aromatic rings. The highest BCUT2D eigenvalue weighted by Crippen LogP contribution is 2.39. The van der Waals surface area contributed by atoms with Gasteiger partial charge < -0.3 is 20.8 Å². The molecule has 0 radical (unpaired) electrons. The molecular weight excluding hydrogens is 675 g/mol. The summed E-state index contributed by atoms with van der Waals surface area (Å²) in [6.45, 7) is 4.99. The third kappa shape index (κ3) is 8.97. The van der Waals surface area contributed by atoms with Crippen LogP contribution in [0.2, 0.25) is 0 Å². The SMILES string of the molecule is CC(C)N(Cc1cccc(C(=O)Nc2sc3c(c2C(=O)Nc2ccc(CCc4ccc(C(=O)O)cc4)cc2)CCCC3)c1)C1CCC(C(=O)O)CC1. The molecule has 6 rings (SSSR count). The first-order chi connectivity index (χ1) is 25.0. The lowest BCUT2D eigenvalue weighted by Gasteiger charge is -2.38. The summed E-state index contributed by atoms with van der Waals surface area (Å²) in [7, 11) is 0. The second-order valence-corrected chi connectivity index (χ2v) is 15.4. The molecule has 2 amide bonds. The van der Waals surface area contributed by atoms with Gasteiger partial charge in [-0.1, -0.05) is 36.4 Å². The van der Waals surface area contributed by atoms with E-state index in [0.29, 0.717) is 47.2 Å². The lowest BCUT2D eigenvalue weighted by atomic mass is 9.85. The van der Waals surface area contributed by atoms with E-state index in [9.17, 15) is 24.3 Å². The van der Waals surface area contributed by atoms with Crippen LogP contribution in [0.5, 0.6) is 0 Å². The van der Waals surface area contributed by atoms with Gasteiger partial charge in [-0.25, -0.2) is 4.79 Å². The van der Waals surface area contributed by atoms with Crippen molar-refractivity contribution in [3.8, 4) is 0 Å². The number of nitrogens with one attached hydrogen (secondary N) is 2. The van der Waals surface area contributed by atoms with Crippen LogP contribution in [0.4, 0.5) is 10.7 Å². The van der Waals surface area contributed by atoms with Gasteiger partial charge in [-0.3, -0.25) is 19.3 Å². The van der Waals surface area contributed by atoms with Crippen LogP contribution in [0.25, 0.3) is 0 Å². The average Bonchev–Trinajstić information content (AvgIpc) is 3.51. The van der Waals surface area contributed by atoms with Gasteiger partial charge in [-0.15, -0.1) is 11.3 Å². The first-order valence-electron chi connectivity index (χ1n) is 18.3. The van der Waals surface area contributed by atoms with Crippen molar-refractivity contribution in [2.45, 2.75) is 96.7 Å². The zero-order chi connectivity index (χ0) is 36.8. The number of hydrogen-bond donors (Lipinski definition) is 4. The number of benzene rings is 3. The summed E-state index contributed by atoms with van der Waals surface area (Å²) in [6.07, 6.45) is 8.35. The Morgan fingerprint density at radius 1 is 0.769 bits per heavy atom. The molecule has 1 saturated carbocycles. The van der Waals surface area contributed by atoms with E-state index in [1.165, 1.54) is 11.3 Å². The monoisotopic (exact) mass is 721 g/mol. The summed E-state index contributed by atoms with van der Waals surface area (Å²) in [5.41, 5.74) is 6.21. The predicted molar refractivity (Wildman–Crippen MR) is 205 cm³/mol. The molecule has 0 spiro atoms. The number of aromatic carboxylic acids is 1. The minimum Gasteiger partial charge on any atom is -0.481 e. The van der Waals surface area contributed by atoms with E-state index in [1.54, 1.807) is 18.2 Å². The number of rotatable bonds is 13. The van der Waals surface area contributed by atoms with E-state index in [4.69, 9.17) is 5.11 Å². The van der Waals surface area contributed by atoms with E-state index in [0.717, 1.165) is 78.5 Å². The standard InChI is InChI=1S/C42H47N3O6S/c1-26(2)45(34-22-18-31(19-23-34)42(50)51)25-29-6-5-7-32(24-29)38(46)44-40-37(35-8-3-4-9-36(35)52-40)39(47)43-33-20-14-28(15-21-33)11-10-27-12-16-30(17-13-27)41(48)49/h5-7,12-17,20-21,24,26,31,34H,3-4,8-11,18-19,22-23,25H2,1-2H3,(H,43,47)(H,44,46)(H,48,49)(H,50,51). The molecule has 0 saturated heterocycles. The summed E-state index contributed by atoms with van der Waals surface area (Å²) in [4.78, 5) is 53.8. The molecular formula is C42H47N3O6S. The van der Waals surface area contributed by atoms with Gasteiger partial charge in [0.05, 0.1) is 17.0 Å². The van der Waals surface area contributed by atoms with Crippen LogP contribution < -0.4 is 10.6 Å². The largest absolute Gasteiger partial charge is 0.481 e. The molecule has 10 heteroatoms. The summed E-state index contributed by atoms with van der Waals surface area (Å²) >= 11 is 1.50. The fraction of sp³-hybridized carbons (Fsp3) is 0.381. The number of aliphatic carboxylic acids is 1. The quantitative estimate of drug-likeness (QED) is 0.109. The molecule has 1 aromatic heterocycles. The van der Waals surface area contributed by atoms with Gasteiger partial charge in [0, 0.05) is 34.8 Å². The number of carboxylic acid groups (broad SMARTS) is 2. The molecule has 2 aliphatic carbocycles. The van der Waals surface area contributed by atoms with E-state index in [-0.39, 0.29) is 29.3 Å². The van der Waals surface area contributed by atoms with Gasteiger partial charge in [0.15, 0.2) is 0 Å². The molecule has 0 atom stereocenters. The number of fused-ring (bicyclic) bond motifs is 1. The van der Waals surface area contributed by atoms with Crippen molar-refractivity contribution in [1.29, 1.82) is 0 Å². The molecule has 9 nitrogen and oxygen atoms in total. The van der Waals surface area contributed by atoms with Crippen molar-refractivity contribution in [3.05, 3.63) is 117 Å². The van der Waals surface area contributed by atoms with Crippen LogP contribution in [-0.4, -0.2) is 50.9 Å². The Hall–Kier alpha value is -4.80. The van der Waals surface area contributed by atoms with Gasteiger partial charge in [-0.05, 0) is 137 Å². The summed E-state index contributed by atoms with van der Waals surface area (Å²) < 4.78 is 0. The Kier molecular flexibility index (Phi) is 11.9. The highest BCUT2D eigenvalue weighted by molar-refractivity contribution is 7.17. The third-order valence-electron chi connectivity index (χ3n) is 10.5. The number of amides is 2. The van der Waals surface area contributed by atoms with E-state index < -0.39 is 11.9 Å². The van der Waals surface area contributed by atoms with E-state index in [2.05, 4.69) is 29.4 Å². The molecule has 1 heterocycles. The first kappa shape index (κ1) is 37.0. The lowest BCUT2D eigenvalue weighted by molar-refractivity contribution is -0.143. The Bertz CT molecular complexity index is 1910. The minimum atomic E-state index is -0.938. The van der Waals surface area contributed by atoms with E-state index in [1.807, 2.05) is 54.6 Å². The van der Waals surface area contributed by atoms with Gasteiger partial charge in [-0.2, -0.15) is 0 Å². The second kappa shape index (κ2) is 16.7. The fourth-order valence-corrected chi connectivity index (χ4v) is 8.81. The Morgan fingerprint density at radius 3 is 2.06 bits per heavy atom. The van der Waals surface area contributed by atoms with Gasteiger partial charge >= 0.3 is 11.9 Å². The highest BCUT2D eigenvalue weighted by Gasteiger charge is 2.31. The van der Waals surface area contributed by atoms with Crippen molar-refractivity contribution < 1.29 is 29.4 Å². The predicted octanol–water partition coefficient (Wildman–Crippen LogP) is 8.47. The molecule has 272 valence electrons. The molecule has 0 unspecified atom stereocenters. The van der Waals surface area contributed by atoms with Crippen molar-refractivity contribution in [1.82, 2.24) is 4.90 Å². The second-order valence-electron chi connectivity index (χ2n) is 14.3. The summed E-state index contributed by atoms with van der Waals surface area (Å²) in [5.74, 6) is -2.39. The molecule has 0 aliphatic heterocycles. The maximum absolute atomic E-state index is 13.9. The Labute approximate surface area is 309 Å². The highest BCUT2D eigenvalue weighted by atomic mass is 32.1. The van der Waals surface area contributed by atoms with Crippen molar-refractivity contribution >= 4 is 45.8 Å². The zero-order valence-electron chi connectivity index (χ0n) is 29.8. The third-order valence-corrected chi connectivity index (χ3v) is 11.7. The Morgan fingerprint density at radius 2 is 1.42 bits per heavy atom. The molecule has 4 N–H and O–H groups in total. The summed E-state index contributed by atoms with van der Waals surface area (Å²) in [5, 5.41) is 25.3. The first-order valence-corrected chi connectivity index (χ1v) is 19.1. The lowest BCUT2D eigenvalue weighted by Crippen LogP contribution is -2.42. The van der Waals surface area contributed by atoms with Crippen LogP contribution in [0.15, 0.2) is 72.8 Å². The Balaban J connectivity index is 1.12. The summed E-state index contributed by atoms with van der Waals surface area (Å²) in [6, 6.07) is 22.9. The normalized spacial score (nSPS) is 17.1. The van der Waals surface area contributed by atoms with Crippen LogP contribution in [0.1, 0.15) is 111 Å². The number of hydrogen-bond acceptors (Lipinski definition) is 6. The number of aryl methyl sites for hydroxylation is 3. The maximum Gasteiger partial charge on any atom is 0.335 e. The van der Waals surface area contributed by atoms with Gasteiger partial charge in [0.2, 0.25) is 0 Å². The molecule has 52 heavy (non-hydrogen) atoms. The molecule has 1 fully saturated rings. The molecule has 3 aromatic carbocycles. The van der Waals surface area contributed by atoms with Crippen molar-refractivity contribution in [3.63, 3.8) is 0 Å². The number of nitrogens with zero attached hydrogens (tertiary/aromatic N) is 1. The zero-order valence-corrected chi connectivity index (χ0v) is 30.6. The minimum absolute atomic E-state index is 0.236. The van der Waals surface area contributed by atoms with Gasteiger partial charge in [0.25, 0.3) is 11.8 Å². The number of carboxylic acids is 2. The number of carbonyl (C=O) groups excluding carboxylic acids is 2.